The minimum absolute atomic E-state index is 0.178. The number of ether oxygens (including phenoxy) is 1. The lowest BCUT2D eigenvalue weighted by atomic mass is 10.3. The van der Waals surface area contributed by atoms with Gasteiger partial charge in [-0.2, -0.15) is 0 Å². The first-order valence-electron chi connectivity index (χ1n) is 3.72. The van der Waals surface area contributed by atoms with E-state index in [4.69, 9.17) is 4.84 Å². The monoisotopic (exact) mass is 161 g/mol. The van der Waals surface area contributed by atoms with E-state index in [0.717, 1.165) is 6.42 Å². The molecule has 11 heavy (non-hydrogen) atoms. The van der Waals surface area contributed by atoms with Crippen LogP contribution in [0.2, 0.25) is 0 Å². The Morgan fingerprint density at radius 2 is 2.27 bits per heavy atom. The Morgan fingerprint density at radius 1 is 1.55 bits per heavy atom. The predicted octanol–water partition coefficient (Wildman–Crippen LogP) is 0.481. The molecule has 0 aliphatic rings. The standard InChI is InChI=1S/C7H15NO3/c1-3-11-8-6-4-5-7(9)10-2/h8H,3-6H2,1-2H3. The van der Waals surface area contributed by atoms with Crippen LogP contribution in [-0.4, -0.2) is 26.2 Å². The first-order chi connectivity index (χ1) is 5.31. The summed E-state index contributed by atoms with van der Waals surface area (Å²) >= 11 is 0. The number of hydrogen-bond donors (Lipinski definition) is 1. The molecular weight excluding hydrogens is 146 g/mol. The summed E-state index contributed by atoms with van der Waals surface area (Å²) in [4.78, 5) is 15.4. The van der Waals surface area contributed by atoms with Crippen LogP contribution in [0.15, 0.2) is 0 Å². The maximum Gasteiger partial charge on any atom is 0.305 e. The highest BCUT2D eigenvalue weighted by Gasteiger charge is 1.97. The van der Waals surface area contributed by atoms with E-state index in [9.17, 15) is 4.79 Å². The van der Waals surface area contributed by atoms with Gasteiger partial charge in [0, 0.05) is 13.0 Å². The van der Waals surface area contributed by atoms with Crippen molar-refractivity contribution in [3.63, 3.8) is 0 Å². The molecule has 0 amide bonds. The Balaban J connectivity index is 2.95. The summed E-state index contributed by atoms with van der Waals surface area (Å²) in [6.07, 6.45) is 1.18. The van der Waals surface area contributed by atoms with Gasteiger partial charge in [-0.3, -0.25) is 4.79 Å². The van der Waals surface area contributed by atoms with Gasteiger partial charge in [-0.15, -0.1) is 0 Å². The molecule has 0 fully saturated rings. The van der Waals surface area contributed by atoms with E-state index in [2.05, 4.69) is 10.2 Å². The van der Waals surface area contributed by atoms with E-state index in [1.165, 1.54) is 7.11 Å². The zero-order valence-corrected chi connectivity index (χ0v) is 7.05. The van der Waals surface area contributed by atoms with Gasteiger partial charge in [-0.05, 0) is 13.3 Å². The summed E-state index contributed by atoms with van der Waals surface area (Å²) in [6.45, 7) is 3.22. The van der Waals surface area contributed by atoms with Crippen LogP contribution >= 0.6 is 0 Å². The fraction of sp³-hybridized carbons (Fsp3) is 0.857. The van der Waals surface area contributed by atoms with Crippen LogP contribution in [0.3, 0.4) is 0 Å². The maximum absolute atomic E-state index is 10.6. The van der Waals surface area contributed by atoms with Gasteiger partial charge in [0.15, 0.2) is 0 Å². The van der Waals surface area contributed by atoms with Crippen molar-refractivity contribution in [3.05, 3.63) is 0 Å². The van der Waals surface area contributed by atoms with Crippen LogP contribution in [0.4, 0.5) is 0 Å². The van der Waals surface area contributed by atoms with Crippen molar-refractivity contribution in [2.75, 3.05) is 20.3 Å². The first kappa shape index (κ1) is 10.4. The molecule has 0 bridgehead atoms. The molecule has 0 radical (unpaired) electrons. The minimum Gasteiger partial charge on any atom is -0.469 e. The van der Waals surface area contributed by atoms with Gasteiger partial charge in [-0.1, -0.05) is 0 Å². The summed E-state index contributed by atoms with van der Waals surface area (Å²) in [5.41, 5.74) is 2.71. The van der Waals surface area contributed by atoms with Crippen molar-refractivity contribution in [1.82, 2.24) is 5.48 Å². The van der Waals surface area contributed by atoms with Crippen LogP contribution in [0.1, 0.15) is 19.8 Å². The maximum atomic E-state index is 10.6. The summed E-state index contributed by atoms with van der Waals surface area (Å²) < 4.78 is 4.45. The number of nitrogens with one attached hydrogen (secondary N) is 1. The van der Waals surface area contributed by atoms with E-state index in [-0.39, 0.29) is 5.97 Å². The molecule has 1 N–H and O–H groups in total. The van der Waals surface area contributed by atoms with E-state index < -0.39 is 0 Å². The molecule has 0 aliphatic heterocycles. The lowest BCUT2D eigenvalue weighted by molar-refractivity contribution is -0.140. The Morgan fingerprint density at radius 3 is 2.82 bits per heavy atom. The Kier molecular flexibility index (Phi) is 7.08. The highest BCUT2D eigenvalue weighted by molar-refractivity contribution is 5.68. The molecule has 0 atom stereocenters. The van der Waals surface area contributed by atoms with E-state index in [1.807, 2.05) is 6.92 Å². The SMILES string of the molecule is CCONCCCC(=O)OC. The molecular formula is C7H15NO3. The van der Waals surface area contributed by atoms with Gasteiger partial charge in [0.2, 0.25) is 0 Å². The van der Waals surface area contributed by atoms with Gasteiger partial charge in [-0.25, -0.2) is 5.48 Å². The smallest absolute Gasteiger partial charge is 0.305 e. The molecule has 4 heteroatoms. The van der Waals surface area contributed by atoms with Crippen molar-refractivity contribution in [2.24, 2.45) is 0 Å². The number of hydrogen-bond acceptors (Lipinski definition) is 4. The lowest BCUT2D eigenvalue weighted by Gasteiger charge is -2.01. The van der Waals surface area contributed by atoms with Crippen LogP contribution < -0.4 is 5.48 Å². The average molecular weight is 161 g/mol. The minimum atomic E-state index is -0.178. The second-order valence-electron chi connectivity index (χ2n) is 2.01. The molecule has 0 aromatic rings. The van der Waals surface area contributed by atoms with Crippen molar-refractivity contribution < 1.29 is 14.4 Å². The van der Waals surface area contributed by atoms with Crippen LogP contribution in [0.5, 0.6) is 0 Å². The molecule has 0 spiro atoms. The second-order valence-corrected chi connectivity index (χ2v) is 2.01. The van der Waals surface area contributed by atoms with Gasteiger partial charge < -0.3 is 9.57 Å². The number of carbonyl (C=O) groups is 1. The van der Waals surface area contributed by atoms with Crippen LogP contribution in [-0.2, 0) is 14.4 Å². The Hall–Kier alpha value is -0.610. The predicted molar refractivity (Wildman–Crippen MR) is 40.9 cm³/mol. The fourth-order valence-electron chi connectivity index (χ4n) is 0.581. The van der Waals surface area contributed by atoms with Gasteiger partial charge >= 0.3 is 5.97 Å². The first-order valence-corrected chi connectivity index (χ1v) is 3.72. The van der Waals surface area contributed by atoms with Gasteiger partial charge in [0.05, 0.1) is 13.7 Å². The number of hydroxylamine groups is 1. The van der Waals surface area contributed by atoms with Crippen molar-refractivity contribution in [2.45, 2.75) is 19.8 Å². The summed E-state index contributed by atoms with van der Waals surface area (Å²) in [5, 5.41) is 0. The third-order valence-corrected chi connectivity index (χ3v) is 1.13. The summed E-state index contributed by atoms with van der Waals surface area (Å²) in [7, 11) is 1.39. The van der Waals surface area contributed by atoms with Gasteiger partial charge in [0.25, 0.3) is 0 Å². The molecule has 0 aromatic heterocycles. The quantitative estimate of drug-likeness (QED) is 0.349. The zero-order chi connectivity index (χ0) is 8.53. The van der Waals surface area contributed by atoms with Crippen LogP contribution in [0, 0.1) is 0 Å². The third-order valence-electron chi connectivity index (χ3n) is 1.13. The van der Waals surface area contributed by atoms with Gasteiger partial charge in [0.1, 0.15) is 0 Å². The third kappa shape index (κ3) is 7.29. The number of rotatable bonds is 6. The van der Waals surface area contributed by atoms with E-state index >= 15 is 0 Å². The Labute approximate surface area is 66.8 Å². The normalized spacial score (nSPS) is 9.64. The molecule has 0 saturated carbocycles. The molecule has 4 nitrogen and oxygen atoms in total. The topological polar surface area (TPSA) is 47.6 Å². The molecule has 0 unspecified atom stereocenters. The molecule has 0 aromatic carbocycles. The number of methoxy groups -OCH3 is 1. The zero-order valence-electron chi connectivity index (χ0n) is 7.05. The van der Waals surface area contributed by atoms with E-state index in [1.54, 1.807) is 0 Å². The molecule has 66 valence electrons. The fourth-order valence-corrected chi connectivity index (χ4v) is 0.581. The van der Waals surface area contributed by atoms with Crippen molar-refractivity contribution >= 4 is 5.97 Å². The van der Waals surface area contributed by atoms with Crippen LogP contribution in [0.25, 0.3) is 0 Å². The van der Waals surface area contributed by atoms with Crippen molar-refractivity contribution in [3.8, 4) is 0 Å². The lowest BCUT2D eigenvalue weighted by Crippen LogP contribution is -2.16. The summed E-state index contributed by atoms with van der Waals surface area (Å²) in [5.74, 6) is -0.178. The number of carbonyl (C=O) groups excluding carboxylic acids is 1. The summed E-state index contributed by atoms with van der Waals surface area (Å²) in [6, 6.07) is 0. The Bertz CT molecular complexity index is 106. The molecule has 0 saturated heterocycles. The number of esters is 1. The molecule has 0 heterocycles. The molecule has 0 rings (SSSR count). The molecule has 0 aliphatic carbocycles. The van der Waals surface area contributed by atoms with Crippen molar-refractivity contribution in [1.29, 1.82) is 0 Å². The highest BCUT2D eigenvalue weighted by Crippen LogP contribution is 1.88. The second kappa shape index (κ2) is 7.50. The largest absolute Gasteiger partial charge is 0.469 e. The average Bonchev–Trinajstić information content (AvgIpc) is 2.04. The van der Waals surface area contributed by atoms with E-state index in [0.29, 0.717) is 19.6 Å². The highest BCUT2D eigenvalue weighted by atomic mass is 16.6.